The zero-order valence-electron chi connectivity index (χ0n) is 10.4. The highest BCUT2D eigenvalue weighted by atomic mass is 127. The average molecular weight is 509 g/mol. The number of carbonyl (C=O) groups excluding carboxylic acids is 1. The lowest BCUT2D eigenvalue weighted by Gasteiger charge is -2.17. The van der Waals surface area contributed by atoms with Gasteiger partial charge in [0.05, 0.1) is 11.6 Å². The SMILES string of the molecule is O=C(NC(CBr)c1ccccc1)c1cc(Br)ccc1I. The molecule has 2 aromatic carbocycles. The molecular formula is C15H12Br2INO. The molecule has 0 saturated carbocycles. The van der Waals surface area contributed by atoms with Gasteiger partial charge in [-0.3, -0.25) is 4.79 Å². The van der Waals surface area contributed by atoms with Crippen molar-refractivity contribution < 1.29 is 4.79 Å². The van der Waals surface area contributed by atoms with Gasteiger partial charge < -0.3 is 5.32 Å². The maximum Gasteiger partial charge on any atom is 0.252 e. The van der Waals surface area contributed by atoms with Gasteiger partial charge in [-0.25, -0.2) is 0 Å². The number of amides is 1. The monoisotopic (exact) mass is 507 g/mol. The van der Waals surface area contributed by atoms with Gasteiger partial charge in [-0.05, 0) is 46.4 Å². The summed E-state index contributed by atoms with van der Waals surface area (Å²) in [6.07, 6.45) is 0. The summed E-state index contributed by atoms with van der Waals surface area (Å²) in [7, 11) is 0. The van der Waals surface area contributed by atoms with Crippen LogP contribution in [-0.2, 0) is 0 Å². The number of carbonyl (C=O) groups is 1. The zero-order chi connectivity index (χ0) is 14.5. The summed E-state index contributed by atoms with van der Waals surface area (Å²) in [5.74, 6) is -0.0657. The van der Waals surface area contributed by atoms with E-state index in [1.165, 1.54) is 0 Å². The van der Waals surface area contributed by atoms with Crippen LogP contribution in [0.25, 0.3) is 0 Å². The molecule has 1 unspecified atom stereocenters. The summed E-state index contributed by atoms with van der Waals surface area (Å²) in [6, 6.07) is 15.6. The molecule has 0 bridgehead atoms. The summed E-state index contributed by atoms with van der Waals surface area (Å²) in [5.41, 5.74) is 1.77. The highest BCUT2D eigenvalue weighted by Gasteiger charge is 2.16. The van der Waals surface area contributed by atoms with Crippen molar-refractivity contribution in [2.24, 2.45) is 0 Å². The Morgan fingerprint density at radius 3 is 2.55 bits per heavy atom. The first-order valence-corrected chi connectivity index (χ1v) is 8.98. The number of benzene rings is 2. The number of halogens is 3. The summed E-state index contributed by atoms with van der Waals surface area (Å²) < 4.78 is 1.84. The van der Waals surface area contributed by atoms with E-state index in [2.05, 4.69) is 59.8 Å². The lowest BCUT2D eigenvalue weighted by molar-refractivity contribution is 0.0940. The molecule has 1 N–H and O–H groups in total. The molecule has 0 radical (unpaired) electrons. The second-order valence-electron chi connectivity index (χ2n) is 4.22. The second-order valence-corrected chi connectivity index (χ2v) is 6.94. The molecule has 5 heteroatoms. The lowest BCUT2D eigenvalue weighted by atomic mass is 10.1. The summed E-state index contributed by atoms with van der Waals surface area (Å²) in [4.78, 5) is 12.4. The molecule has 0 saturated heterocycles. The highest BCUT2D eigenvalue weighted by Crippen LogP contribution is 2.21. The number of rotatable bonds is 4. The van der Waals surface area contributed by atoms with E-state index in [0.717, 1.165) is 13.6 Å². The third-order valence-electron chi connectivity index (χ3n) is 2.83. The molecule has 0 aliphatic rings. The number of hydrogen-bond acceptors (Lipinski definition) is 1. The molecule has 0 heterocycles. The maximum absolute atomic E-state index is 12.4. The van der Waals surface area contributed by atoms with Gasteiger partial charge in [0.25, 0.3) is 5.91 Å². The van der Waals surface area contributed by atoms with E-state index >= 15 is 0 Å². The van der Waals surface area contributed by atoms with Crippen molar-refractivity contribution in [3.05, 3.63) is 67.7 Å². The van der Waals surface area contributed by atoms with Gasteiger partial charge in [0.1, 0.15) is 0 Å². The Labute approximate surface area is 148 Å². The molecular weight excluding hydrogens is 497 g/mol. The first-order valence-electron chi connectivity index (χ1n) is 5.98. The molecule has 0 aliphatic carbocycles. The van der Waals surface area contributed by atoms with E-state index in [9.17, 15) is 4.79 Å². The lowest BCUT2D eigenvalue weighted by Crippen LogP contribution is -2.30. The summed E-state index contributed by atoms with van der Waals surface area (Å²) in [6.45, 7) is 0. The third kappa shape index (κ3) is 4.05. The maximum atomic E-state index is 12.4. The van der Waals surface area contributed by atoms with E-state index in [0.29, 0.717) is 10.9 Å². The fourth-order valence-corrected chi connectivity index (χ4v) is 3.28. The van der Waals surface area contributed by atoms with Crippen molar-refractivity contribution >= 4 is 60.4 Å². The highest BCUT2D eigenvalue weighted by molar-refractivity contribution is 14.1. The van der Waals surface area contributed by atoms with Crippen LogP contribution in [0.5, 0.6) is 0 Å². The van der Waals surface area contributed by atoms with Gasteiger partial charge in [0, 0.05) is 13.4 Å². The molecule has 20 heavy (non-hydrogen) atoms. The average Bonchev–Trinajstić information content (AvgIpc) is 2.48. The number of alkyl halides is 1. The predicted molar refractivity (Wildman–Crippen MR) is 97.3 cm³/mol. The molecule has 0 aromatic heterocycles. The topological polar surface area (TPSA) is 29.1 Å². The molecule has 2 aromatic rings. The Balaban J connectivity index is 2.20. The molecule has 104 valence electrons. The van der Waals surface area contributed by atoms with Crippen LogP contribution < -0.4 is 5.32 Å². The van der Waals surface area contributed by atoms with Crippen LogP contribution in [0.15, 0.2) is 53.0 Å². The zero-order valence-corrected chi connectivity index (χ0v) is 15.8. The van der Waals surface area contributed by atoms with Crippen molar-refractivity contribution in [2.75, 3.05) is 5.33 Å². The quantitative estimate of drug-likeness (QED) is 0.461. The number of hydrogen-bond donors (Lipinski definition) is 1. The minimum atomic E-state index is -0.0657. The van der Waals surface area contributed by atoms with Crippen molar-refractivity contribution in [3.8, 4) is 0 Å². The normalized spacial score (nSPS) is 11.9. The van der Waals surface area contributed by atoms with Gasteiger partial charge in [-0.2, -0.15) is 0 Å². The van der Waals surface area contributed by atoms with Crippen molar-refractivity contribution in [2.45, 2.75) is 6.04 Å². The predicted octanol–water partition coefficient (Wildman–Crippen LogP) is 4.92. The fourth-order valence-electron chi connectivity index (χ4n) is 1.80. The van der Waals surface area contributed by atoms with Gasteiger partial charge in [-0.1, -0.05) is 62.2 Å². The molecule has 0 fully saturated rings. The third-order valence-corrected chi connectivity index (χ3v) is 4.92. The smallest absolute Gasteiger partial charge is 0.252 e. The Hall–Kier alpha value is -0.400. The molecule has 1 atom stereocenters. The second kappa shape index (κ2) is 7.56. The Kier molecular flexibility index (Phi) is 6.04. The summed E-state index contributed by atoms with van der Waals surface area (Å²) >= 11 is 9.03. The van der Waals surface area contributed by atoms with Crippen LogP contribution in [0.3, 0.4) is 0 Å². The van der Waals surface area contributed by atoms with Gasteiger partial charge in [0.15, 0.2) is 0 Å². The van der Waals surface area contributed by atoms with Crippen LogP contribution in [0.2, 0.25) is 0 Å². The molecule has 2 nitrogen and oxygen atoms in total. The first-order chi connectivity index (χ1) is 9.61. The van der Waals surface area contributed by atoms with Crippen LogP contribution in [0, 0.1) is 3.57 Å². The molecule has 0 spiro atoms. The van der Waals surface area contributed by atoms with Gasteiger partial charge >= 0.3 is 0 Å². The van der Waals surface area contributed by atoms with Crippen LogP contribution >= 0.6 is 54.5 Å². The number of nitrogens with one attached hydrogen (secondary N) is 1. The molecule has 1 amide bonds. The van der Waals surface area contributed by atoms with Crippen LogP contribution in [0.4, 0.5) is 0 Å². The standard InChI is InChI=1S/C15H12Br2INO/c16-9-14(10-4-2-1-3-5-10)19-15(20)12-8-11(17)6-7-13(12)18/h1-8,14H,9H2,(H,19,20). The largest absolute Gasteiger partial charge is 0.344 e. The van der Waals surface area contributed by atoms with E-state index in [1.807, 2.05) is 48.5 Å². The minimum absolute atomic E-state index is 0.0431. The molecule has 0 aliphatic heterocycles. The van der Waals surface area contributed by atoms with Crippen LogP contribution in [0.1, 0.15) is 22.0 Å². The van der Waals surface area contributed by atoms with E-state index in [-0.39, 0.29) is 11.9 Å². The van der Waals surface area contributed by atoms with Gasteiger partial charge in [-0.15, -0.1) is 0 Å². The fraction of sp³-hybridized carbons (Fsp3) is 0.133. The van der Waals surface area contributed by atoms with Crippen molar-refractivity contribution in [3.63, 3.8) is 0 Å². The van der Waals surface area contributed by atoms with Crippen molar-refractivity contribution in [1.82, 2.24) is 5.32 Å². The van der Waals surface area contributed by atoms with Crippen LogP contribution in [-0.4, -0.2) is 11.2 Å². The van der Waals surface area contributed by atoms with E-state index in [4.69, 9.17) is 0 Å². The Bertz CT molecular complexity index is 604. The summed E-state index contributed by atoms with van der Waals surface area (Å²) in [5, 5.41) is 3.73. The molecule has 2 rings (SSSR count). The minimum Gasteiger partial charge on any atom is -0.344 e. The Morgan fingerprint density at radius 1 is 1.20 bits per heavy atom. The van der Waals surface area contributed by atoms with Crippen molar-refractivity contribution in [1.29, 1.82) is 0 Å². The van der Waals surface area contributed by atoms with E-state index in [1.54, 1.807) is 0 Å². The van der Waals surface area contributed by atoms with E-state index < -0.39 is 0 Å². The first kappa shape index (κ1) is 16.0. The van der Waals surface area contributed by atoms with Gasteiger partial charge in [0.2, 0.25) is 0 Å². The Morgan fingerprint density at radius 2 is 1.90 bits per heavy atom.